The Morgan fingerprint density at radius 3 is 2.35 bits per heavy atom. The van der Waals surface area contributed by atoms with Crippen LogP contribution in [0.25, 0.3) is 0 Å². The van der Waals surface area contributed by atoms with E-state index in [0.29, 0.717) is 0 Å². The van der Waals surface area contributed by atoms with E-state index in [0.717, 1.165) is 17.6 Å². The molecule has 0 amide bonds. The number of hydrogen-bond donors (Lipinski definition) is 1. The third kappa shape index (κ3) is 4.09. The van der Waals surface area contributed by atoms with Gasteiger partial charge >= 0.3 is 7.12 Å². The van der Waals surface area contributed by atoms with E-state index in [4.69, 9.17) is 14.4 Å². The Kier molecular flexibility index (Phi) is 5.48. The van der Waals surface area contributed by atoms with Gasteiger partial charge in [-0.15, -0.1) is 0 Å². The van der Waals surface area contributed by atoms with Gasteiger partial charge in [-0.25, -0.2) is 0 Å². The molecule has 3 unspecified atom stereocenters. The van der Waals surface area contributed by atoms with Crippen LogP contribution in [-0.2, 0) is 20.7 Å². The van der Waals surface area contributed by atoms with Crippen molar-refractivity contribution in [3.05, 3.63) is 24.0 Å². The number of hydrogen-bond acceptors (Lipinski definition) is 5. The molecule has 5 nitrogen and oxygen atoms in total. The average molecular weight is 338 g/mol. The highest BCUT2D eigenvalue weighted by Crippen LogP contribution is 2.36. The van der Waals surface area contributed by atoms with Crippen LogP contribution in [0.1, 0.15) is 59.6 Å². The van der Waals surface area contributed by atoms with Crippen molar-refractivity contribution in [3.8, 4) is 0 Å². The topological polar surface area (TPSA) is 80.4 Å². The molecule has 1 aromatic heterocycles. The summed E-state index contributed by atoms with van der Waals surface area (Å²) in [5.41, 5.74) is 1.17. The fourth-order valence-electron chi connectivity index (χ4n) is 2.57. The zero-order valence-corrected chi connectivity index (χ0v) is 15.6. The van der Waals surface area contributed by atoms with Gasteiger partial charge in [0.15, 0.2) is 0 Å². The molecule has 1 aromatic rings. The second kappa shape index (κ2) is 6.72. The molecule has 3 atom stereocenters. The highest BCUT2D eigenvalue weighted by atomic mass is 32.2. The monoisotopic (exact) mass is 338 g/mol. The second-order valence-electron chi connectivity index (χ2n) is 7.38. The van der Waals surface area contributed by atoms with Crippen molar-refractivity contribution < 1.29 is 13.9 Å². The molecule has 0 aliphatic carbocycles. The number of aromatic nitrogens is 1. The van der Waals surface area contributed by atoms with E-state index in [1.807, 2.05) is 46.8 Å². The van der Waals surface area contributed by atoms with Crippen molar-refractivity contribution in [2.75, 3.05) is 0 Å². The van der Waals surface area contributed by atoms with E-state index >= 15 is 0 Å². The minimum Gasteiger partial charge on any atom is -0.598 e. The summed E-state index contributed by atoms with van der Waals surface area (Å²) in [6, 6.07) is 3.93. The van der Waals surface area contributed by atoms with E-state index in [-0.39, 0.29) is 22.4 Å². The Labute approximate surface area is 142 Å². The van der Waals surface area contributed by atoms with Crippen LogP contribution in [0.4, 0.5) is 0 Å². The molecule has 2 N–H and O–H groups in total. The predicted octanol–water partition coefficient (Wildman–Crippen LogP) is 1.89. The largest absolute Gasteiger partial charge is 0.598 e. The van der Waals surface area contributed by atoms with Gasteiger partial charge in [0.05, 0.1) is 11.2 Å². The Bertz CT molecular complexity index is 538. The van der Waals surface area contributed by atoms with Crippen LogP contribution >= 0.6 is 0 Å². The molecule has 1 saturated heterocycles. The van der Waals surface area contributed by atoms with Gasteiger partial charge in [-0.1, -0.05) is 6.92 Å². The minimum atomic E-state index is -1.31. The van der Waals surface area contributed by atoms with E-state index in [1.54, 1.807) is 6.20 Å². The smallest absolute Gasteiger partial charge is 0.494 e. The lowest BCUT2D eigenvalue weighted by atomic mass is 9.78. The van der Waals surface area contributed by atoms with Crippen molar-refractivity contribution in [1.82, 2.24) is 4.98 Å². The van der Waals surface area contributed by atoms with E-state index < -0.39 is 18.5 Å². The maximum atomic E-state index is 11.4. The quantitative estimate of drug-likeness (QED) is 0.655. The summed E-state index contributed by atoms with van der Waals surface area (Å²) in [6.07, 6.45) is 2.50. The summed E-state index contributed by atoms with van der Waals surface area (Å²) in [4.78, 5) is 4.44. The Morgan fingerprint density at radius 2 is 1.83 bits per heavy atom. The van der Waals surface area contributed by atoms with Crippen LogP contribution in [0.2, 0.25) is 0 Å². The standard InChI is InChI=1S/C16H27BN2O3S/c1-11(9-12(2)23(18)20)14-10-13(7-8-19-14)17-21-15(3,4)16(5,6)22-17/h7-8,10-12H,9,18H2,1-6H3. The summed E-state index contributed by atoms with van der Waals surface area (Å²) < 4.78 is 23.5. The lowest BCUT2D eigenvalue weighted by Crippen LogP contribution is -2.41. The van der Waals surface area contributed by atoms with Crippen LogP contribution in [0.15, 0.2) is 18.3 Å². The molecule has 1 aliphatic rings. The Hall–Kier alpha value is -0.595. The van der Waals surface area contributed by atoms with Crippen molar-refractivity contribution in [1.29, 1.82) is 0 Å². The molecular weight excluding hydrogens is 311 g/mol. The maximum absolute atomic E-state index is 11.4. The second-order valence-corrected chi connectivity index (χ2v) is 8.84. The molecule has 0 bridgehead atoms. The van der Waals surface area contributed by atoms with E-state index in [9.17, 15) is 4.55 Å². The molecule has 2 heterocycles. The number of pyridine rings is 1. The highest BCUT2D eigenvalue weighted by Gasteiger charge is 2.51. The summed E-state index contributed by atoms with van der Waals surface area (Å²) >= 11 is -1.31. The average Bonchev–Trinajstić information content (AvgIpc) is 2.67. The van der Waals surface area contributed by atoms with Crippen LogP contribution < -0.4 is 10.6 Å². The van der Waals surface area contributed by atoms with Crippen molar-refractivity contribution in [3.63, 3.8) is 0 Å². The van der Waals surface area contributed by atoms with Gasteiger partial charge in [-0.2, -0.15) is 5.14 Å². The molecule has 1 aliphatic heterocycles. The lowest BCUT2D eigenvalue weighted by molar-refractivity contribution is 0.00578. The fourth-order valence-corrected chi connectivity index (χ4v) is 3.05. The maximum Gasteiger partial charge on any atom is 0.494 e. The van der Waals surface area contributed by atoms with Gasteiger partial charge in [0, 0.05) is 35.6 Å². The number of nitrogens with zero attached hydrogens (tertiary/aromatic N) is 1. The molecular formula is C16H27BN2O3S. The Balaban J connectivity index is 2.15. The molecule has 23 heavy (non-hydrogen) atoms. The van der Waals surface area contributed by atoms with E-state index in [2.05, 4.69) is 11.9 Å². The first-order valence-electron chi connectivity index (χ1n) is 8.00. The predicted molar refractivity (Wildman–Crippen MR) is 94.8 cm³/mol. The van der Waals surface area contributed by atoms with Gasteiger partial charge < -0.3 is 13.9 Å². The van der Waals surface area contributed by atoms with Crippen LogP contribution in [0.5, 0.6) is 0 Å². The summed E-state index contributed by atoms with van der Waals surface area (Å²) in [7, 11) is -0.394. The molecule has 0 aromatic carbocycles. The van der Waals surface area contributed by atoms with Gasteiger partial charge in [-0.05, 0) is 52.2 Å². The van der Waals surface area contributed by atoms with Gasteiger partial charge in [0.1, 0.15) is 5.25 Å². The van der Waals surface area contributed by atoms with Crippen molar-refractivity contribution in [2.24, 2.45) is 5.14 Å². The summed E-state index contributed by atoms with van der Waals surface area (Å²) in [6.45, 7) is 12.1. The van der Waals surface area contributed by atoms with Gasteiger partial charge in [0.25, 0.3) is 0 Å². The molecule has 1 fully saturated rings. The zero-order chi connectivity index (χ0) is 17.4. The van der Waals surface area contributed by atoms with Crippen LogP contribution in [0.3, 0.4) is 0 Å². The fraction of sp³-hybridized carbons (Fsp3) is 0.688. The molecule has 128 valence electrons. The van der Waals surface area contributed by atoms with Crippen LogP contribution in [0, 0.1) is 0 Å². The normalized spacial score (nSPS) is 23.6. The van der Waals surface area contributed by atoms with Crippen molar-refractivity contribution in [2.45, 2.75) is 70.3 Å². The van der Waals surface area contributed by atoms with Crippen LogP contribution in [-0.4, -0.2) is 33.1 Å². The third-order valence-electron chi connectivity index (χ3n) is 4.92. The summed E-state index contributed by atoms with van der Waals surface area (Å²) in [5.74, 6) is 0.167. The summed E-state index contributed by atoms with van der Waals surface area (Å²) in [5, 5.41) is 5.40. The first-order chi connectivity index (χ1) is 10.5. The Morgan fingerprint density at radius 1 is 1.26 bits per heavy atom. The number of nitrogens with two attached hydrogens (primary N) is 1. The van der Waals surface area contributed by atoms with E-state index in [1.165, 1.54) is 0 Å². The molecule has 7 heteroatoms. The number of rotatable bonds is 5. The molecule has 2 rings (SSSR count). The lowest BCUT2D eigenvalue weighted by Gasteiger charge is -2.32. The van der Waals surface area contributed by atoms with Crippen molar-refractivity contribution >= 4 is 23.9 Å². The molecule has 0 spiro atoms. The molecule has 0 radical (unpaired) electrons. The van der Waals surface area contributed by atoms with Gasteiger partial charge in [0.2, 0.25) is 0 Å². The zero-order valence-electron chi connectivity index (χ0n) is 14.8. The molecule has 0 saturated carbocycles. The third-order valence-corrected chi connectivity index (χ3v) is 5.90. The SMILES string of the molecule is CC(CC(C)[S+](N)[O-])c1cc(B2OC(C)(C)C(C)(C)O2)ccn1. The highest BCUT2D eigenvalue weighted by molar-refractivity contribution is 7.89. The first kappa shape index (κ1) is 18.7. The minimum absolute atomic E-state index is 0.0627. The van der Waals surface area contributed by atoms with Gasteiger partial charge in [-0.3, -0.25) is 4.98 Å². The first-order valence-corrected chi connectivity index (χ1v) is 9.27.